The molecule has 0 saturated heterocycles. The SMILES string of the molecule is CC(=O)c1ccc(C(=O)OCC(=O)Nc2cccc(C)c2C)s1. The highest BCUT2D eigenvalue weighted by Gasteiger charge is 2.14. The van der Waals surface area contributed by atoms with E-state index in [9.17, 15) is 14.4 Å². The van der Waals surface area contributed by atoms with Crippen LogP contribution in [-0.4, -0.2) is 24.3 Å². The topological polar surface area (TPSA) is 72.5 Å². The molecule has 2 aromatic rings. The van der Waals surface area contributed by atoms with Crippen molar-refractivity contribution in [1.82, 2.24) is 0 Å². The normalized spacial score (nSPS) is 10.2. The van der Waals surface area contributed by atoms with Gasteiger partial charge in [0.25, 0.3) is 5.91 Å². The number of ether oxygens (including phenoxy) is 1. The van der Waals surface area contributed by atoms with Crippen LogP contribution in [0, 0.1) is 13.8 Å². The molecule has 5 nitrogen and oxygen atoms in total. The summed E-state index contributed by atoms with van der Waals surface area (Å²) in [6.45, 7) is 4.92. The van der Waals surface area contributed by atoms with Crippen LogP contribution in [0.4, 0.5) is 5.69 Å². The van der Waals surface area contributed by atoms with Gasteiger partial charge < -0.3 is 10.1 Å². The van der Waals surface area contributed by atoms with Crippen molar-refractivity contribution >= 4 is 34.7 Å². The highest BCUT2D eigenvalue weighted by molar-refractivity contribution is 7.15. The minimum atomic E-state index is -0.612. The van der Waals surface area contributed by atoms with E-state index in [0.717, 1.165) is 22.5 Å². The summed E-state index contributed by atoms with van der Waals surface area (Å²) in [5, 5.41) is 2.71. The van der Waals surface area contributed by atoms with Crippen molar-refractivity contribution in [3.05, 3.63) is 51.2 Å². The average molecular weight is 331 g/mol. The number of carbonyl (C=O) groups excluding carboxylic acids is 3. The zero-order valence-electron chi connectivity index (χ0n) is 13.1. The number of aryl methyl sites for hydroxylation is 1. The molecule has 0 aliphatic carbocycles. The smallest absolute Gasteiger partial charge is 0.348 e. The van der Waals surface area contributed by atoms with Gasteiger partial charge in [0.2, 0.25) is 0 Å². The molecule has 2 rings (SSSR count). The zero-order chi connectivity index (χ0) is 17.0. The van der Waals surface area contributed by atoms with Gasteiger partial charge in [0.1, 0.15) is 4.88 Å². The van der Waals surface area contributed by atoms with E-state index in [0.29, 0.717) is 15.4 Å². The van der Waals surface area contributed by atoms with Crippen molar-refractivity contribution < 1.29 is 19.1 Å². The third-order valence-electron chi connectivity index (χ3n) is 3.37. The fourth-order valence-corrected chi connectivity index (χ4v) is 2.71. The molecular formula is C17H17NO4S. The van der Waals surface area contributed by atoms with E-state index in [2.05, 4.69) is 5.32 Å². The molecular weight excluding hydrogens is 314 g/mol. The average Bonchev–Trinajstić information content (AvgIpc) is 3.00. The molecule has 1 amide bonds. The molecule has 1 N–H and O–H groups in total. The van der Waals surface area contributed by atoms with Gasteiger partial charge in [-0.25, -0.2) is 4.79 Å². The maximum absolute atomic E-state index is 11.9. The lowest BCUT2D eigenvalue weighted by molar-refractivity contribution is -0.119. The highest BCUT2D eigenvalue weighted by atomic mass is 32.1. The van der Waals surface area contributed by atoms with Crippen molar-refractivity contribution in [3.8, 4) is 0 Å². The van der Waals surface area contributed by atoms with Crippen LogP contribution in [0.25, 0.3) is 0 Å². The van der Waals surface area contributed by atoms with Crippen LogP contribution < -0.4 is 5.32 Å². The van der Waals surface area contributed by atoms with Gasteiger partial charge in [-0.3, -0.25) is 9.59 Å². The number of nitrogens with one attached hydrogen (secondary N) is 1. The molecule has 1 heterocycles. The van der Waals surface area contributed by atoms with E-state index in [1.807, 2.05) is 26.0 Å². The van der Waals surface area contributed by atoms with Crippen LogP contribution >= 0.6 is 11.3 Å². The van der Waals surface area contributed by atoms with Gasteiger partial charge in [-0.15, -0.1) is 11.3 Å². The Hall–Kier alpha value is -2.47. The third-order valence-corrected chi connectivity index (χ3v) is 4.53. The maximum atomic E-state index is 11.9. The molecule has 1 aromatic carbocycles. The molecule has 0 fully saturated rings. The molecule has 23 heavy (non-hydrogen) atoms. The minimum absolute atomic E-state index is 0.110. The van der Waals surface area contributed by atoms with Crippen LogP contribution in [0.3, 0.4) is 0 Å². The van der Waals surface area contributed by atoms with Gasteiger partial charge in [0, 0.05) is 5.69 Å². The van der Waals surface area contributed by atoms with Crippen molar-refractivity contribution in [2.45, 2.75) is 20.8 Å². The number of amides is 1. The van der Waals surface area contributed by atoms with Crippen LogP contribution in [-0.2, 0) is 9.53 Å². The number of thiophene rings is 1. The maximum Gasteiger partial charge on any atom is 0.348 e. The number of benzene rings is 1. The quantitative estimate of drug-likeness (QED) is 0.673. The number of esters is 1. The van der Waals surface area contributed by atoms with Crippen molar-refractivity contribution in [1.29, 1.82) is 0 Å². The van der Waals surface area contributed by atoms with E-state index in [-0.39, 0.29) is 12.4 Å². The third kappa shape index (κ3) is 4.26. The largest absolute Gasteiger partial charge is 0.451 e. The number of carbonyl (C=O) groups is 3. The molecule has 0 unspecified atom stereocenters. The van der Waals surface area contributed by atoms with Crippen LogP contribution in [0.5, 0.6) is 0 Å². The summed E-state index contributed by atoms with van der Waals surface area (Å²) < 4.78 is 4.97. The molecule has 0 saturated carbocycles. The number of hydrogen-bond acceptors (Lipinski definition) is 5. The molecule has 0 bridgehead atoms. The number of rotatable bonds is 5. The van der Waals surface area contributed by atoms with Crippen LogP contribution in [0.1, 0.15) is 37.4 Å². The Morgan fingerprint density at radius 2 is 1.78 bits per heavy atom. The van der Waals surface area contributed by atoms with E-state index in [4.69, 9.17) is 4.74 Å². The lowest BCUT2D eigenvalue weighted by Crippen LogP contribution is -2.21. The van der Waals surface area contributed by atoms with E-state index in [1.165, 1.54) is 13.0 Å². The Morgan fingerprint density at radius 1 is 1.09 bits per heavy atom. The van der Waals surface area contributed by atoms with E-state index >= 15 is 0 Å². The Labute approximate surface area is 138 Å². The van der Waals surface area contributed by atoms with Crippen molar-refractivity contribution in [2.24, 2.45) is 0 Å². The molecule has 1 aromatic heterocycles. The lowest BCUT2D eigenvalue weighted by Gasteiger charge is -2.10. The summed E-state index contributed by atoms with van der Waals surface area (Å²) >= 11 is 1.05. The molecule has 120 valence electrons. The van der Waals surface area contributed by atoms with Gasteiger partial charge in [0.05, 0.1) is 4.88 Å². The summed E-state index contributed by atoms with van der Waals surface area (Å²) in [7, 11) is 0. The Balaban J connectivity index is 1.92. The van der Waals surface area contributed by atoms with E-state index < -0.39 is 11.9 Å². The summed E-state index contributed by atoms with van der Waals surface area (Å²) in [4.78, 5) is 35.7. The fourth-order valence-electron chi connectivity index (χ4n) is 1.91. The van der Waals surface area contributed by atoms with Crippen molar-refractivity contribution in [2.75, 3.05) is 11.9 Å². The predicted octanol–water partition coefficient (Wildman–Crippen LogP) is 3.36. The number of anilines is 1. The standard InChI is InChI=1S/C17H17NO4S/c1-10-5-4-6-13(11(10)2)18-16(20)9-22-17(21)15-8-7-14(23-15)12(3)19/h4-8H,9H2,1-3H3,(H,18,20). The highest BCUT2D eigenvalue weighted by Crippen LogP contribution is 2.19. The summed E-state index contributed by atoms with van der Waals surface area (Å²) in [6.07, 6.45) is 0. The molecule has 0 spiro atoms. The molecule has 0 aliphatic rings. The van der Waals surface area contributed by atoms with Gasteiger partial charge in [-0.05, 0) is 50.1 Å². The Kier molecular flexibility index (Phi) is 5.28. The van der Waals surface area contributed by atoms with Gasteiger partial charge in [0.15, 0.2) is 12.4 Å². The van der Waals surface area contributed by atoms with E-state index in [1.54, 1.807) is 12.1 Å². The van der Waals surface area contributed by atoms with Gasteiger partial charge in [-0.1, -0.05) is 12.1 Å². The minimum Gasteiger partial charge on any atom is -0.451 e. The Bertz CT molecular complexity index is 764. The number of Topliss-reactive ketones (excluding diaryl/α,β-unsaturated/α-hetero) is 1. The Morgan fingerprint density at radius 3 is 2.43 bits per heavy atom. The molecule has 0 atom stereocenters. The first-order valence-electron chi connectivity index (χ1n) is 7.02. The molecule has 0 aliphatic heterocycles. The van der Waals surface area contributed by atoms with Crippen LogP contribution in [0.2, 0.25) is 0 Å². The fraction of sp³-hybridized carbons (Fsp3) is 0.235. The second kappa shape index (κ2) is 7.19. The molecule has 0 radical (unpaired) electrons. The first kappa shape index (κ1) is 16.9. The molecule has 6 heteroatoms. The first-order valence-corrected chi connectivity index (χ1v) is 7.84. The second-order valence-electron chi connectivity index (χ2n) is 5.09. The summed E-state index contributed by atoms with van der Waals surface area (Å²) in [5.74, 6) is -1.13. The summed E-state index contributed by atoms with van der Waals surface area (Å²) in [5.41, 5.74) is 2.73. The van der Waals surface area contributed by atoms with Crippen LogP contribution in [0.15, 0.2) is 30.3 Å². The van der Waals surface area contributed by atoms with Crippen molar-refractivity contribution in [3.63, 3.8) is 0 Å². The first-order chi connectivity index (χ1) is 10.9. The van der Waals surface area contributed by atoms with Gasteiger partial charge in [-0.2, -0.15) is 0 Å². The number of hydrogen-bond donors (Lipinski definition) is 1. The summed E-state index contributed by atoms with van der Waals surface area (Å²) in [6, 6.07) is 8.68. The predicted molar refractivity (Wildman–Crippen MR) is 89.2 cm³/mol. The lowest BCUT2D eigenvalue weighted by atomic mass is 10.1. The zero-order valence-corrected chi connectivity index (χ0v) is 14.0. The monoisotopic (exact) mass is 331 g/mol. The second-order valence-corrected chi connectivity index (χ2v) is 6.18. The number of ketones is 1. The van der Waals surface area contributed by atoms with Gasteiger partial charge >= 0.3 is 5.97 Å².